The van der Waals surface area contributed by atoms with Crippen LogP contribution in [-0.4, -0.2) is 72.9 Å². The summed E-state index contributed by atoms with van der Waals surface area (Å²) < 4.78 is 36.6. The Balaban J connectivity index is 1.31. The molecule has 3 aromatic carbocycles. The molecule has 7 rings (SSSR count). The average molecular weight is 666 g/mol. The molecule has 0 radical (unpaired) electrons. The van der Waals surface area contributed by atoms with Crippen molar-refractivity contribution in [2.45, 2.75) is 62.9 Å². The lowest BCUT2D eigenvalue weighted by atomic mass is 9.59. The van der Waals surface area contributed by atoms with Gasteiger partial charge in [0, 0.05) is 23.2 Å². The molecule has 3 heterocycles. The quantitative estimate of drug-likeness (QED) is 0.252. The second kappa shape index (κ2) is 13.0. The molecule has 2 aliphatic heterocycles. The van der Waals surface area contributed by atoms with E-state index in [0.29, 0.717) is 17.2 Å². The van der Waals surface area contributed by atoms with Gasteiger partial charge in [0.25, 0.3) is 15.9 Å². The molecule has 1 aliphatic carbocycles. The lowest BCUT2D eigenvalue weighted by molar-refractivity contribution is -0.0497. The minimum atomic E-state index is -4.14. The number of benzene rings is 3. The summed E-state index contributed by atoms with van der Waals surface area (Å²) in [4.78, 5) is 28.1. The van der Waals surface area contributed by atoms with Gasteiger partial charge >= 0.3 is 0 Å². The second-order valence-electron chi connectivity index (χ2n) is 14.1. The maximum absolute atomic E-state index is 14.5. The maximum Gasteiger partial charge on any atom is 0.264 e. The number of nitrogens with zero attached hydrogens (tertiary/aromatic N) is 4. The second-order valence-corrected chi connectivity index (χ2v) is 15.8. The van der Waals surface area contributed by atoms with Gasteiger partial charge in [-0.2, -0.15) is 4.98 Å². The van der Waals surface area contributed by atoms with Gasteiger partial charge in [0.15, 0.2) is 0 Å². The largest absolute Gasteiger partial charge is 0.475 e. The number of likely N-dealkylation sites (tertiary alicyclic amines) is 1. The molecule has 0 unspecified atom stereocenters. The summed E-state index contributed by atoms with van der Waals surface area (Å²) in [6.45, 7) is 6.66. The highest BCUT2D eigenvalue weighted by Crippen LogP contribution is 2.51. The van der Waals surface area contributed by atoms with Gasteiger partial charge in [-0.3, -0.25) is 4.79 Å². The summed E-state index contributed by atoms with van der Waals surface area (Å²) in [7, 11) is -1.97. The van der Waals surface area contributed by atoms with Gasteiger partial charge in [-0.25, -0.2) is 18.1 Å². The first kappa shape index (κ1) is 32.3. The summed E-state index contributed by atoms with van der Waals surface area (Å²) in [6.07, 6.45) is 4.88. The van der Waals surface area contributed by atoms with Crippen LogP contribution < -0.4 is 9.46 Å². The molecular weight excluding hydrogens is 623 g/mol. The number of sulfonamides is 1. The highest BCUT2D eigenvalue weighted by Gasteiger charge is 2.50. The van der Waals surface area contributed by atoms with E-state index < -0.39 is 10.0 Å². The number of aromatic nitrogens is 2. The molecular formula is C38H43N5O4S. The van der Waals surface area contributed by atoms with Crippen LogP contribution in [0.2, 0.25) is 0 Å². The SMILES string of the molecule is CC(C)C[C@@H]1COc2cc(-c3ccccc3-c3ccccc3)nc(n2)NS(=O)(=O)c2cccc(c2)C(=O)N1C1CC2(CCN(C)CC2)C1. The lowest BCUT2D eigenvalue weighted by Gasteiger charge is -2.56. The van der Waals surface area contributed by atoms with Crippen molar-refractivity contribution in [3.05, 3.63) is 90.5 Å². The number of amides is 1. The lowest BCUT2D eigenvalue weighted by Crippen LogP contribution is -2.59. The number of nitrogens with one attached hydrogen (secondary N) is 1. The first-order chi connectivity index (χ1) is 23.1. The van der Waals surface area contributed by atoms with Gasteiger partial charge in [-0.05, 0) is 92.9 Å². The minimum absolute atomic E-state index is 0.0190. The Morgan fingerprint density at radius 3 is 2.31 bits per heavy atom. The molecule has 4 aromatic rings. The van der Waals surface area contributed by atoms with E-state index in [1.807, 2.05) is 59.5 Å². The standard InChI is InChI=1S/C38H43N5O4S/c1-26(2)20-29-25-47-35-22-34(33-15-8-7-14-32(33)27-10-5-4-6-11-27)39-37(40-35)41-48(45,46)31-13-9-12-28(21-31)36(44)43(29)30-23-38(24-30)16-18-42(3)19-17-38/h4-15,21-22,26,29-30H,16-20,23-25H2,1-3H3,(H,39,40,41)/t29-/m1/s1. The number of hydrogen-bond acceptors (Lipinski definition) is 7. The smallest absolute Gasteiger partial charge is 0.264 e. The Morgan fingerprint density at radius 1 is 0.896 bits per heavy atom. The number of hydrogen-bond donors (Lipinski definition) is 1. The van der Waals surface area contributed by atoms with Gasteiger partial charge in [0.2, 0.25) is 11.8 Å². The molecule has 250 valence electrons. The van der Waals surface area contributed by atoms with Crippen LogP contribution in [0.1, 0.15) is 56.3 Å². The third-order valence-corrected chi connectivity index (χ3v) is 11.5. The molecule has 1 saturated heterocycles. The van der Waals surface area contributed by atoms with Gasteiger partial charge in [0.1, 0.15) is 6.61 Å². The Hall–Kier alpha value is -4.28. The van der Waals surface area contributed by atoms with Crippen LogP contribution in [0, 0.1) is 11.3 Å². The van der Waals surface area contributed by atoms with E-state index in [4.69, 9.17) is 4.74 Å². The molecule has 3 aliphatic rings. The molecule has 1 aromatic heterocycles. The van der Waals surface area contributed by atoms with Crippen LogP contribution in [0.5, 0.6) is 5.88 Å². The molecule has 9 nitrogen and oxygen atoms in total. The van der Waals surface area contributed by atoms with Gasteiger partial charge < -0.3 is 14.5 Å². The zero-order valence-corrected chi connectivity index (χ0v) is 28.6. The zero-order valence-electron chi connectivity index (χ0n) is 27.8. The summed E-state index contributed by atoms with van der Waals surface area (Å²) >= 11 is 0. The van der Waals surface area contributed by atoms with Crippen LogP contribution in [0.15, 0.2) is 89.8 Å². The van der Waals surface area contributed by atoms with Crippen molar-refractivity contribution in [3.8, 4) is 28.3 Å². The van der Waals surface area contributed by atoms with Gasteiger partial charge in [-0.1, -0.05) is 74.5 Å². The van der Waals surface area contributed by atoms with E-state index >= 15 is 0 Å². The predicted octanol–water partition coefficient (Wildman–Crippen LogP) is 6.74. The summed E-state index contributed by atoms with van der Waals surface area (Å²) in [5.41, 5.74) is 3.89. The number of fused-ring (bicyclic) bond motifs is 4. The van der Waals surface area contributed by atoms with Crippen molar-refractivity contribution in [1.82, 2.24) is 19.8 Å². The van der Waals surface area contributed by atoms with Gasteiger partial charge in [0.05, 0.1) is 16.6 Å². The van der Waals surface area contributed by atoms with Crippen LogP contribution in [0.25, 0.3) is 22.4 Å². The van der Waals surface area contributed by atoms with E-state index in [1.165, 1.54) is 12.1 Å². The fraction of sp³-hybridized carbons (Fsp3) is 0.395. The number of carbonyl (C=O) groups excluding carboxylic acids is 1. The molecule has 4 bridgehead atoms. The van der Waals surface area contributed by atoms with Crippen molar-refractivity contribution in [1.29, 1.82) is 0 Å². The highest BCUT2D eigenvalue weighted by molar-refractivity contribution is 7.92. The van der Waals surface area contributed by atoms with E-state index in [9.17, 15) is 13.2 Å². The molecule has 1 saturated carbocycles. The molecule has 48 heavy (non-hydrogen) atoms. The van der Waals surface area contributed by atoms with Gasteiger partial charge in [-0.15, -0.1) is 0 Å². The van der Waals surface area contributed by atoms with Crippen LogP contribution in [0.3, 0.4) is 0 Å². The first-order valence-corrected chi connectivity index (χ1v) is 18.4. The van der Waals surface area contributed by atoms with E-state index in [1.54, 1.807) is 18.2 Å². The third kappa shape index (κ3) is 6.56. The number of piperidine rings is 1. The summed E-state index contributed by atoms with van der Waals surface area (Å²) in [5, 5.41) is 0. The number of carbonyl (C=O) groups is 1. The van der Waals surface area contributed by atoms with E-state index in [-0.39, 0.29) is 46.7 Å². The third-order valence-electron chi connectivity index (χ3n) is 10.2. The Morgan fingerprint density at radius 2 is 1.58 bits per heavy atom. The number of anilines is 1. The van der Waals surface area contributed by atoms with E-state index in [2.05, 4.69) is 40.5 Å². The zero-order chi connectivity index (χ0) is 33.5. The van der Waals surface area contributed by atoms with Crippen molar-refractivity contribution in [2.24, 2.45) is 11.3 Å². The molecule has 1 spiro atoms. The fourth-order valence-electron chi connectivity index (χ4n) is 7.64. The first-order valence-electron chi connectivity index (χ1n) is 16.9. The van der Waals surface area contributed by atoms with Crippen molar-refractivity contribution < 1.29 is 17.9 Å². The van der Waals surface area contributed by atoms with Crippen LogP contribution in [-0.2, 0) is 10.0 Å². The maximum atomic E-state index is 14.5. The van der Waals surface area contributed by atoms with Crippen molar-refractivity contribution >= 4 is 21.9 Å². The predicted molar refractivity (Wildman–Crippen MR) is 187 cm³/mol. The van der Waals surface area contributed by atoms with Crippen LogP contribution in [0.4, 0.5) is 5.95 Å². The Kier molecular flexibility index (Phi) is 8.72. The Bertz CT molecular complexity index is 1900. The molecule has 1 amide bonds. The molecule has 1 atom stereocenters. The summed E-state index contributed by atoms with van der Waals surface area (Å²) in [5.74, 6) is 0.281. The minimum Gasteiger partial charge on any atom is -0.475 e. The monoisotopic (exact) mass is 665 g/mol. The molecule has 1 N–H and O–H groups in total. The molecule has 2 fully saturated rings. The topological polar surface area (TPSA) is 105 Å². The van der Waals surface area contributed by atoms with Crippen molar-refractivity contribution in [3.63, 3.8) is 0 Å². The number of rotatable bonds is 5. The average Bonchev–Trinajstić information content (AvgIpc) is 3.07. The Labute approximate surface area is 283 Å². The summed E-state index contributed by atoms with van der Waals surface area (Å²) in [6, 6.07) is 25.7. The normalized spacial score (nSPS) is 21.0. The van der Waals surface area contributed by atoms with E-state index in [0.717, 1.165) is 61.9 Å². The highest BCUT2D eigenvalue weighted by atomic mass is 32.2. The number of ether oxygens (including phenoxy) is 1. The molecule has 10 heteroatoms. The fourth-order valence-corrected chi connectivity index (χ4v) is 8.63. The van der Waals surface area contributed by atoms with Crippen molar-refractivity contribution in [2.75, 3.05) is 31.5 Å². The van der Waals surface area contributed by atoms with Crippen LogP contribution >= 0.6 is 0 Å².